The van der Waals surface area contributed by atoms with Crippen LogP contribution in [0.25, 0.3) is 11.0 Å². The van der Waals surface area contributed by atoms with Crippen LogP contribution in [0.3, 0.4) is 0 Å². The van der Waals surface area contributed by atoms with Crippen LogP contribution in [0.1, 0.15) is 31.2 Å². The quantitative estimate of drug-likeness (QED) is 0.801. The summed E-state index contributed by atoms with van der Waals surface area (Å²) in [5.74, 6) is 2.83. The second-order valence-electron chi connectivity index (χ2n) is 5.77. The molecule has 0 saturated carbocycles. The Kier molecular flexibility index (Phi) is 4.14. The zero-order valence-corrected chi connectivity index (χ0v) is 13.7. The molecule has 0 amide bonds. The highest BCUT2D eigenvalue weighted by molar-refractivity contribution is 8.00. The van der Waals surface area contributed by atoms with Crippen molar-refractivity contribution < 1.29 is 0 Å². The molecule has 0 N–H and O–H groups in total. The van der Waals surface area contributed by atoms with Gasteiger partial charge in [-0.05, 0) is 43.7 Å². The number of nitrogens with zero attached hydrogens (tertiary/aromatic N) is 3. The number of nitriles is 1. The standard InChI is InChI=1S/C16H18ClN3S/c1-16(6-2-8-21-16)11-20-14-9-12(10-18)3-4-13(14)19-15(20)5-7-17/h3-4,9H,2,5-8,11H2,1H3. The minimum Gasteiger partial charge on any atom is -0.327 e. The van der Waals surface area contributed by atoms with Crippen molar-refractivity contribution in [2.24, 2.45) is 0 Å². The number of halogens is 1. The zero-order chi connectivity index (χ0) is 14.9. The van der Waals surface area contributed by atoms with E-state index in [-0.39, 0.29) is 4.75 Å². The van der Waals surface area contributed by atoms with Crippen molar-refractivity contribution in [1.82, 2.24) is 9.55 Å². The van der Waals surface area contributed by atoms with Crippen LogP contribution in [-0.4, -0.2) is 25.9 Å². The van der Waals surface area contributed by atoms with Gasteiger partial charge in [0.2, 0.25) is 0 Å². The Morgan fingerprint density at radius 3 is 3.05 bits per heavy atom. The lowest BCUT2D eigenvalue weighted by Gasteiger charge is -2.24. The Bertz CT molecular complexity index is 695. The number of rotatable bonds is 4. The first-order valence-corrected chi connectivity index (χ1v) is 8.76. The fourth-order valence-electron chi connectivity index (χ4n) is 2.99. The fraction of sp³-hybridized carbons (Fsp3) is 0.500. The maximum atomic E-state index is 9.13. The summed E-state index contributed by atoms with van der Waals surface area (Å²) in [6.45, 7) is 3.27. The zero-order valence-electron chi connectivity index (χ0n) is 12.1. The van der Waals surface area contributed by atoms with E-state index in [0.717, 1.165) is 29.8 Å². The third kappa shape index (κ3) is 2.90. The molecule has 1 aliphatic rings. The molecule has 1 unspecified atom stereocenters. The number of alkyl halides is 1. The van der Waals surface area contributed by atoms with E-state index in [1.54, 1.807) is 0 Å². The van der Waals surface area contributed by atoms with Crippen LogP contribution in [-0.2, 0) is 13.0 Å². The van der Waals surface area contributed by atoms with E-state index in [0.29, 0.717) is 11.4 Å². The van der Waals surface area contributed by atoms with E-state index < -0.39 is 0 Å². The van der Waals surface area contributed by atoms with Gasteiger partial charge in [-0.3, -0.25) is 0 Å². The van der Waals surface area contributed by atoms with Gasteiger partial charge in [0.1, 0.15) is 5.82 Å². The first-order valence-electron chi connectivity index (χ1n) is 7.24. The van der Waals surface area contributed by atoms with Crippen LogP contribution >= 0.6 is 23.4 Å². The predicted octanol–water partition coefficient (Wildman–Crippen LogP) is 3.97. The highest BCUT2D eigenvalue weighted by atomic mass is 35.5. The number of aryl methyl sites for hydroxylation is 1. The van der Waals surface area contributed by atoms with Crippen molar-refractivity contribution in [3.05, 3.63) is 29.6 Å². The van der Waals surface area contributed by atoms with E-state index in [1.807, 2.05) is 30.0 Å². The highest BCUT2D eigenvalue weighted by Gasteiger charge is 2.31. The second kappa shape index (κ2) is 5.90. The minimum absolute atomic E-state index is 0.261. The number of hydrogen-bond acceptors (Lipinski definition) is 3. The van der Waals surface area contributed by atoms with Crippen LogP contribution in [0, 0.1) is 11.3 Å². The van der Waals surface area contributed by atoms with Gasteiger partial charge in [0, 0.05) is 23.6 Å². The lowest BCUT2D eigenvalue weighted by atomic mass is 10.1. The Hall–Kier alpha value is -1.18. The molecule has 110 valence electrons. The van der Waals surface area contributed by atoms with E-state index in [9.17, 15) is 0 Å². The first-order chi connectivity index (χ1) is 10.1. The third-order valence-electron chi connectivity index (χ3n) is 4.07. The number of aromatic nitrogens is 2. The summed E-state index contributed by atoms with van der Waals surface area (Å²) >= 11 is 7.98. The number of fused-ring (bicyclic) bond motifs is 1. The Morgan fingerprint density at radius 1 is 1.52 bits per heavy atom. The molecule has 2 heterocycles. The summed E-state index contributed by atoms with van der Waals surface area (Å²) in [6, 6.07) is 7.93. The maximum absolute atomic E-state index is 9.13. The number of thioether (sulfide) groups is 1. The van der Waals surface area contributed by atoms with Crippen LogP contribution in [0.15, 0.2) is 18.2 Å². The molecule has 1 saturated heterocycles. The van der Waals surface area contributed by atoms with Crippen LogP contribution in [0.5, 0.6) is 0 Å². The summed E-state index contributed by atoms with van der Waals surface area (Å²) in [6.07, 6.45) is 3.27. The topological polar surface area (TPSA) is 41.6 Å². The second-order valence-corrected chi connectivity index (χ2v) is 7.83. The number of benzene rings is 1. The van der Waals surface area contributed by atoms with Crippen LogP contribution in [0.2, 0.25) is 0 Å². The summed E-state index contributed by atoms with van der Waals surface area (Å²) < 4.78 is 2.54. The SMILES string of the molecule is CC1(Cn2c(CCCl)nc3ccc(C#N)cc32)CCCS1. The first kappa shape index (κ1) is 14.7. The monoisotopic (exact) mass is 319 g/mol. The average Bonchev–Trinajstić information content (AvgIpc) is 3.05. The lowest BCUT2D eigenvalue weighted by Crippen LogP contribution is -2.25. The Morgan fingerprint density at radius 2 is 2.38 bits per heavy atom. The van der Waals surface area contributed by atoms with Crippen molar-refractivity contribution in [1.29, 1.82) is 5.26 Å². The maximum Gasteiger partial charge on any atom is 0.111 e. The van der Waals surface area contributed by atoms with E-state index >= 15 is 0 Å². The van der Waals surface area contributed by atoms with Gasteiger partial charge in [-0.15, -0.1) is 11.6 Å². The molecule has 2 aromatic rings. The van der Waals surface area contributed by atoms with Crippen molar-refractivity contribution in [3.63, 3.8) is 0 Å². The fourth-order valence-corrected chi connectivity index (χ4v) is 4.45. The smallest absolute Gasteiger partial charge is 0.111 e. The predicted molar refractivity (Wildman–Crippen MR) is 89.0 cm³/mol. The van der Waals surface area contributed by atoms with Crippen LogP contribution in [0.4, 0.5) is 0 Å². The van der Waals surface area contributed by atoms with Gasteiger partial charge < -0.3 is 4.57 Å². The van der Waals surface area contributed by atoms with E-state index in [4.69, 9.17) is 21.8 Å². The van der Waals surface area contributed by atoms with Crippen molar-refractivity contribution in [2.45, 2.75) is 37.5 Å². The van der Waals surface area contributed by atoms with Crippen molar-refractivity contribution >= 4 is 34.4 Å². The summed E-state index contributed by atoms with van der Waals surface area (Å²) in [7, 11) is 0. The van der Waals surface area contributed by atoms with Gasteiger partial charge in [0.05, 0.1) is 22.7 Å². The molecular weight excluding hydrogens is 302 g/mol. The number of imidazole rings is 1. The van der Waals surface area contributed by atoms with E-state index in [2.05, 4.69) is 17.6 Å². The molecule has 5 heteroatoms. The molecule has 0 bridgehead atoms. The van der Waals surface area contributed by atoms with E-state index in [1.165, 1.54) is 18.6 Å². The van der Waals surface area contributed by atoms with Crippen LogP contribution < -0.4 is 0 Å². The summed E-state index contributed by atoms with van der Waals surface area (Å²) in [5, 5.41) is 9.13. The largest absolute Gasteiger partial charge is 0.327 e. The molecule has 3 rings (SSSR count). The molecule has 1 fully saturated rings. The molecule has 0 radical (unpaired) electrons. The number of hydrogen-bond donors (Lipinski definition) is 0. The highest BCUT2D eigenvalue weighted by Crippen LogP contribution is 2.40. The minimum atomic E-state index is 0.261. The van der Waals surface area contributed by atoms with Gasteiger partial charge in [-0.2, -0.15) is 17.0 Å². The molecule has 1 aromatic heterocycles. The average molecular weight is 320 g/mol. The van der Waals surface area contributed by atoms with Gasteiger partial charge in [0.25, 0.3) is 0 Å². The van der Waals surface area contributed by atoms with Crippen molar-refractivity contribution in [2.75, 3.05) is 11.6 Å². The third-order valence-corrected chi connectivity index (χ3v) is 5.78. The molecule has 3 nitrogen and oxygen atoms in total. The Balaban J connectivity index is 2.08. The molecule has 1 atom stereocenters. The molecule has 1 aromatic carbocycles. The van der Waals surface area contributed by atoms with Gasteiger partial charge >= 0.3 is 0 Å². The van der Waals surface area contributed by atoms with Gasteiger partial charge in [-0.1, -0.05) is 0 Å². The normalized spacial score (nSPS) is 21.8. The molecule has 1 aliphatic heterocycles. The summed E-state index contributed by atoms with van der Waals surface area (Å²) in [4.78, 5) is 4.71. The molecule has 0 aliphatic carbocycles. The van der Waals surface area contributed by atoms with Crippen molar-refractivity contribution in [3.8, 4) is 6.07 Å². The summed E-state index contributed by atoms with van der Waals surface area (Å²) in [5.41, 5.74) is 2.70. The molecule has 0 spiro atoms. The van der Waals surface area contributed by atoms with Gasteiger partial charge in [-0.25, -0.2) is 4.98 Å². The van der Waals surface area contributed by atoms with Gasteiger partial charge in [0.15, 0.2) is 0 Å². The molecule has 21 heavy (non-hydrogen) atoms. The molecular formula is C16H18ClN3S. The Labute approximate surface area is 134 Å². The lowest BCUT2D eigenvalue weighted by molar-refractivity contribution is 0.507.